The molecule has 0 saturated carbocycles. The van der Waals surface area contributed by atoms with Gasteiger partial charge in [-0.3, -0.25) is 0 Å². The summed E-state index contributed by atoms with van der Waals surface area (Å²) < 4.78 is 10.6. The fourth-order valence-electron chi connectivity index (χ4n) is 1.59. The molecule has 0 unspecified atom stereocenters. The largest absolute Gasteiger partial charge is 0.419 e. The molecule has 0 N–H and O–H groups in total. The first kappa shape index (κ1) is 16.7. The number of aryl methyl sites for hydroxylation is 1. The van der Waals surface area contributed by atoms with E-state index in [4.69, 9.17) is 9.47 Å². The molecule has 0 saturated heterocycles. The zero-order valence-corrected chi connectivity index (χ0v) is 13.1. The van der Waals surface area contributed by atoms with Crippen molar-refractivity contribution >= 4 is 11.9 Å². The number of hydrogen-bond donors (Lipinski definition) is 0. The molecule has 1 aromatic carbocycles. The molecule has 4 nitrogen and oxygen atoms in total. The van der Waals surface area contributed by atoms with Crippen LogP contribution < -0.4 is 9.47 Å². The highest BCUT2D eigenvalue weighted by Gasteiger charge is 2.19. The summed E-state index contributed by atoms with van der Waals surface area (Å²) >= 11 is 0. The van der Waals surface area contributed by atoms with Crippen molar-refractivity contribution in [3.8, 4) is 11.5 Å². The van der Waals surface area contributed by atoms with Gasteiger partial charge in [0.2, 0.25) is 0 Å². The standard InChI is InChI=1S/C17H20O4/c1-9(2)16(18)20-14-8-11(5)12(6)13(7)15(14)21-17(19)10(3)4/h8H,1,3H2,2,4-7H3. The summed E-state index contributed by atoms with van der Waals surface area (Å²) in [5.74, 6) is -0.682. The maximum absolute atomic E-state index is 11.8. The van der Waals surface area contributed by atoms with Crippen molar-refractivity contribution in [1.29, 1.82) is 0 Å². The van der Waals surface area contributed by atoms with E-state index in [0.717, 1.165) is 16.7 Å². The lowest BCUT2D eigenvalue weighted by molar-refractivity contribution is -0.132. The van der Waals surface area contributed by atoms with Gasteiger partial charge in [0.05, 0.1) is 0 Å². The molecule has 0 radical (unpaired) electrons. The van der Waals surface area contributed by atoms with Crippen molar-refractivity contribution in [2.24, 2.45) is 0 Å². The van der Waals surface area contributed by atoms with Crippen molar-refractivity contribution in [3.05, 3.63) is 47.1 Å². The molecule has 0 heterocycles. The van der Waals surface area contributed by atoms with Gasteiger partial charge in [-0.15, -0.1) is 0 Å². The molecule has 0 aliphatic rings. The monoisotopic (exact) mass is 288 g/mol. The molecule has 0 amide bonds. The molecule has 4 heteroatoms. The van der Waals surface area contributed by atoms with Gasteiger partial charge in [-0.05, 0) is 57.4 Å². The van der Waals surface area contributed by atoms with Crippen LogP contribution in [-0.4, -0.2) is 11.9 Å². The van der Waals surface area contributed by atoms with Gasteiger partial charge >= 0.3 is 11.9 Å². The predicted octanol–water partition coefficient (Wildman–Crippen LogP) is 3.57. The van der Waals surface area contributed by atoms with Crippen LogP contribution in [0.4, 0.5) is 0 Å². The van der Waals surface area contributed by atoms with Crippen molar-refractivity contribution in [2.45, 2.75) is 34.6 Å². The second kappa shape index (κ2) is 6.39. The van der Waals surface area contributed by atoms with E-state index in [9.17, 15) is 9.59 Å². The summed E-state index contributed by atoms with van der Waals surface area (Å²) in [4.78, 5) is 23.5. The minimum absolute atomic E-state index is 0.207. The highest BCUT2D eigenvalue weighted by Crippen LogP contribution is 2.36. The molecule has 0 bridgehead atoms. The summed E-state index contributed by atoms with van der Waals surface area (Å²) in [6.07, 6.45) is 0. The van der Waals surface area contributed by atoms with Crippen LogP contribution in [0.15, 0.2) is 30.4 Å². The first-order chi connectivity index (χ1) is 9.65. The van der Waals surface area contributed by atoms with Crippen molar-refractivity contribution in [2.75, 3.05) is 0 Å². The Morgan fingerprint density at radius 1 is 0.905 bits per heavy atom. The van der Waals surface area contributed by atoms with Crippen LogP contribution in [0.2, 0.25) is 0 Å². The molecular formula is C17H20O4. The number of carbonyl (C=O) groups excluding carboxylic acids is 2. The Balaban J connectivity index is 3.33. The number of benzene rings is 1. The number of hydrogen-bond acceptors (Lipinski definition) is 4. The molecule has 1 rings (SSSR count). The SMILES string of the molecule is C=C(C)C(=O)Oc1cc(C)c(C)c(C)c1OC(=O)C(=C)C. The van der Waals surface area contributed by atoms with Crippen molar-refractivity contribution in [3.63, 3.8) is 0 Å². The van der Waals surface area contributed by atoms with Gasteiger partial charge < -0.3 is 9.47 Å². The number of esters is 2. The normalized spacial score (nSPS) is 9.95. The fraction of sp³-hybridized carbons (Fsp3) is 0.294. The lowest BCUT2D eigenvalue weighted by atomic mass is 10.0. The van der Waals surface area contributed by atoms with Gasteiger partial charge in [0, 0.05) is 11.1 Å². The first-order valence-corrected chi connectivity index (χ1v) is 6.51. The third-order valence-electron chi connectivity index (χ3n) is 3.16. The summed E-state index contributed by atoms with van der Waals surface area (Å²) in [5.41, 5.74) is 3.18. The van der Waals surface area contributed by atoms with Crippen LogP contribution in [0.1, 0.15) is 30.5 Å². The summed E-state index contributed by atoms with van der Waals surface area (Å²) in [7, 11) is 0. The Hall–Kier alpha value is -2.36. The Bertz CT molecular complexity index is 639. The topological polar surface area (TPSA) is 52.6 Å². The van der Waals surface area contributed by atoms with Gasteiger partial charge in [-0.1, -0.05) is 13.2 Å². The Morgan fingerprint density at radius 2 is 1.38 bits per heavy atom. The van der Waals surface area contributed by atoms with Gasteiger partial charge in [-0.2, -0.15) is 0 Å². The lowest BCUT2D eigenvalue weighted by Crippen LogP contribution is -2.14. The van der Waals surface area contributed by atoms with E-state index in [1.54, 1.807) is 19.9 Å². The third kappa shape index (κ3) is 3.81. The summed E-state index contributed by atoms with van der Waals surface area (Å²) in [6.45, 7) is 15.8. The van der Waals surface area contributed by atoms with E-state index in [1.165, 1.54) is 0 Å². The quantitative estimate of drug-likeness (QED) is 0.483. The van der Waals surface area contributed by atoms with Gasteiger partial charge in [0.25, 0.3) is 0 Å². The smallest absolute Gasteiger partial charge is 0.338 e. The molecule has 0 aliphatic heterocycles. The first-order valence-electron chi connectivity index (χ1n) is 6.51. The van der Waals surface area contributed by atoms with Crippen LogP contribution >= 0.6 is 0 Å². The van der Waals surface area contributed by atoms with E-state index in [2.05, 4.69) is 13.2 Å². The molecule has 21 heavy (non-hydrogen) atoms. The van der Waals surface area contributed by atoms with Crippen LogP contribution in [0, 0.1) is 20.8 Å². The highest BCUT2D eigenvalue weighted by molar-refractivity contribution is 5.91. The van der Waals surface area contributed by atoms with E-state index in [-0.39, 0.29) is 22.6 Å². The van der Waals surface area contributed by atoms with Gasteiger partial charge in [-0.25, -0.2) is 9.59 Å². The fourth-order valence-corrected chi connectivity index (χ4v) is 1.59. The minimum Gasteiger partial charge on any atom is -0.419 e. The molecule has 1 aromatic rings. The van der Waals surface area contributed by atoms with E-state index < -0.39 is 11.9 Å². The summed E-state index contributed by atoms with van der Waals surface area (Å²) in [5, 5.41) is 0. The van der Waals surface area contributed by atoms with Crippen LogP contribution in [-0.2, 0) is 9.59 Å². The maximum atomic E-state index is 11.8. The second-order valence-electron chi connectivity index (χ2n) is 5.11. The van der Waals surface area contributed by atoms with Gasteiger partial charge in [0.15, 0.2) is 11.5 Å². The van der Waals surface area contributed by atoms with Gasteiger partial charge in [0.1, 0.15) is 0 Å². The molecule has 112 valence electrons. The van der Waals surface area contributed by atoms with E-state index in [0.29, 0.717) is 0 Å². The van der Waals surface area contributed by atoms with Crippen molar-refractivity contribution < 1.29 is 19.1 Å². The molecule has 0 atom stereocenters. The number of ether oxygens (including phenoxy) is 2. The predicted molar refractivity (Wildman–Crippen MR) is 81.6 cm³/mol. The maximum Gasteiger partial charge on any atom is 0.338 e. The Morgan fingerprint density at radius 3 is 1.86 bits per heavy atom. The number of rotatable bonds is 4. The Kier molecular flexibility index (Phi) is 5.08. The lowest BCUT2D eigenvalue weighted by Gasteiger charge is -2.16. The Labute approximate surface area is 125 Å². The molecule has 0 aromatic heterocycles. The highest BCUT2D eigenvalue weighted by atomic mass is 16.6. The van der Waals surface area contributed by atoms with Crippen LogP contribution in [0.3, 0.4) is 0 Å². The zero-order valence-electron chi connectivity index (χ0n) is 13.1. The van der Waals surface area contributed by atoms with E-state index >= 15 is 0 Å². The minimum atomic E-state index is -0.565. The van der Waals surface area contributed by atoms with E-state index in [1.807, 2.05) is 20.8 Å². The summed E-state index contributed by atoms with van der Waals surface area (Å²) in [6, 6.07) is 1.67. The zero-order chi connectivity index (χ0) is 16.3. The molecule has 0 fully saturated rings. The van der Waals surface area contributed by atoms with Crippen LogP contribution in [0.25, 0.3) is 0 Å². The molecule has 0 spiro atoms. The average molecular weight is 288 g/mol. The molecule has 0 aliphatic carbocycles. The third-order valence-corrected chi connectivity index (χ3v) is 3.16. The second-order valence-corrected chi connectivity index (χ2v) is 5.11. The molecular weight excluding hydrogens is 268 g/mol. The van der Waals surface area contributed by atoms with Crippen molar-refractivity contribution in [1.82, 2.24) is 0 Å². The average Bonchev–Trinajstić information content (AvgIpc) is 2.40. The van der Waals surface area contributed by atoms with Crippen LogP contribution in [0.5, 0.6) is 11.5 Å². The number of carbonyl (C=O) groups is 2.